The van der Waals surface area contributed by atoms with Crippen LogP contribution in [0.3, 0.4) is 0 Å². The lowest BCUT2D eigenvalue weighted by molar-refractivity contribution is -0.383. The smallest absolute Gasteiger partial charge is 0.295 e. The van der Waals surface area contributed by atoms with Gasteiger partial charge < -0.3 is 9.80 Å². The Hall–Kier alpha value is -3.75. The van der Waals surface area contributed by atoms with Crippen molar-refractivity contribution in [3.05, 3.63) is 92.3 Å². The number of hydrogen-bond acceptors (Lipinski definition) is 11. The van der Waals surface area contributed by atoms with Gasteiger partial charge in [-0.15, -0.1) is 0 Å². The average molecular weight is 633 g/mol. The van der Waals surface area contributed by atoms with Crippen LogP contribution in [0.4, 0.5) is 11.4 Å². The third-order valence-corrected chi connectivity index (χ3v) is 9.18. The lowest BCUT2D eigenvalue weighted by Crippen LogP contribution is -2.39. The monoisotopic (exact) mass is 632 g/mol. The van der Waals surface area contributed by atoms with Crippen molar-refractivity contribution in [2.75, 3.05) is 78.0 Å². The van der Waals surface area contributed by atoms with Gasteiger partial charge >= 0.3 is 0 Å². The standard InChI is InChI=1S/C32H40N8O4S/c1-35-13-14-36(2)16-18-38(24-28-12-10-26-6-4-8-30(40(43)44)32(26)34-28)20-22-45-21-19-37(17-15-35)23-27-11-9-25-5-3-7-29(39(41)42)31(25)33-27/h3-12H,13-24H2,1-2H3. The van der Waals surface area contributed by atoms with Crippen LogP contribution in [0, 0.1) is 20.2 Å². The van der Waals surface area contributed by atoms with Crippen molar-refractivity contribution in [3.63, 3.8) is 0 Å². The molecule has 12 nitrogen and oxygen atoms in total. The molecule has 45 heavy (non-hydrogen) atoms. The molecule has 0 unspecified atom stereocenters. The van der Waals surface area contributed by atoms with Crippen LogP contribution in [-0.2, 0) is 13.1 Å². The number of para-hydroxylation sites is 2. The molecule has 238 valence electrons. The van der Waals surface area contributed by atoms with Gasteiger partial charge in [-0.3, -0.25) is 30.0 Å². The second kappa shape index (κ2) is 15.5. The van der Waals surface area contributed by atoms with Crippen LogP contribution in [0.15, 0.2) is 60.7 Å². The number of benzene rings is 2. The van der Waals surface area contributed by atoms with Crippen molar-refractivity contribution in [1.29, 1.82) is 0 Å². The highest BCUT2D eigenvalue weighted by Crippen LogP contribution is 2.25. The number of rotatable bonds is 6. The van der Waals surface area contributed by atoms with Crippen LogP contribution < -0.4 is 0 Å². The van der Waals surface area contributed by atoms with Crippen LogP contribution in [0.5, 0.6) is 0 Å². The van der Waals surface area contributed by atoms with Gasteiger partial charge in [0.15, 0.2) is 0 Å². The SMILES string of the molecule is CN1CCN(C)CCN(Cc2ccc3cccc([N+](=O)[O-])c3n2)CCSCCN(Cc2ccc3cccc([N+](=O)[O-])c3n2)CC1. The van der Waals surface area contributed by atoms with Crippen molar-refractivity contribution in [1.82, 2.24) is 29.6 Å². The Morgan fingerprint density at radius 1 is 0.622 bits per heavy atom. The summed E-state index contributed by atoms with van der Waals surface area (Å²) in [6.45, 7) is 8.48. The van der Waals surface area contributed by atoms with E-state index in [0.29, 0.717) is 24.1 Å². The number of fused-ring (bicyclic) bond motifs is 2. The van der Waals surface area contributed by atoms with E-state index in [-0.39, 0.29) is 21.2 Å². The zero-order valence-corrected chi connectivity index (χ0v) is 26.7. The Kier molecular flexibility index (Phi) is 11.2. The zero-order chi connectivity index (χ0) is 31.8. The second-order valence-corrected chi connectivity index (χ2v) is 12.8. The number of nitro groups is 2. The van der Waals surface area contributed by atoms with E-state index in [9.17, 15) is 20.2 Å². The maximum atomic E-state index is 11.6. The van der Waals surface area contributed by atoms with E-state index in [1.807, 2.05) is 48.2 Å². The average Bonchev–Trinajstić information content (AvgIpc) is 3.03. The predicted octanol–water partition coefficient (Wildman–Crippen LogP) is 4.51. The Morgan fingerprint density at radius 3 is 1.47 bits per heavy atom. The van der Waals surface area contributed by atoms with Crippen molar-refractivity contribution >= 4 is 44.9 Å². The van der Waals surface area contributed by atoms with Gasteiger partial charge in [0.2, 0.25) is 0 Å². The summed E-state index contributed by atoms with van der Waals surface area (Å²) in [6, 6.07) is 17.9. The van der Waals surface area contributed by atoms with Crippen molar-refractivity contribution in [2.24, 2.45) is 0 Å². The molecule has 0 spiro atoms. The number of non-ortho nitro benzene ring substituents is 2. The summed E-state index contributed by atoms with van der Waals surface area (Å²) in [5.41, 5.74) is 2.60. The largest absolute Gasteiger partial charge is 0.304 e. The minimum atomic E-state index is -0.366. The third-order valence-electron chi connectivity index (χ3n) is 8.24. The van der Waals surface area contributed by atoms with Gasteiger partial charge in [0, 0.05) is 99.9 Å². The molecule has 0 saturated carbocycles. The number of aromatic nitrogens is 2. The van der Waals surface area contributed by atoms with E-state index >= 15 is 0 Å². The number of nitrogens with zero attached hydrogens (tertiary/aromatic N) is 8. The van der Waals surface area contributed by atoms with Crippen molar-refractivity contribution in [3.8, 4) is 0 Å². The molecule has 5 rings (SSSR count). The molecule has 2 aromatic heterocycles. The highest BCUT2D eigenvalue weighted by atomic mass is 32.2. The molecular weight excluding hydrogens is 592 g/mol. The Bertz CT molecular complexity index is 1520. The van der Waals surface area contributed by atoms with E-state index < -0.39 is 0 Å². The molecule has 13 heteroatoms. The summed E-state index contributed by atoms with van der Waals surface area (Å²) >= 11 is 1.90. The first-order valence-electron chi connectivity index (χ1n) is 15.2. The molecule has 1 aliphatic heterocycles. The van der Waals surface area contributed by atoms with E-state index in [2.05, 4.69) is 33.7 Å². The van der Waals surface area contributed by atoms with Crippen molar-refractivity contribution < 1.29 is 9.85 Å². The first-order valence-corrected chi connectivity index (χ1v) is 16.4. The second-order valence-electron chi connectivity index (χ2n) is 11.6. The maximum absolute atomic E-state index is 11.6. The molecule has 1 saturated heterocycles. The fraction of sp³-hybridized carbons (Fsp3) is 0.438. The molecule has 0 bridgehead atoms. The van der Waals surface area contributed by atoms with Crippen LogP contribution in [0.25, 0.3) is 21.8 Å². The number of pyridine rings is 2. The molecule has 3 heterocycles. The highest BCUT2D eigenvalue weighted by Gasteiger charge is 2.17. The maximum Gasteiger partial charge on any atom is 0.295 e. The normalized spacial score (nSPS) is 17.6. The number of likely N-dealkylation sites (N-methyl/N-ethyl adjacent to an activating group) is 2. The van der Waals surface area contributed by atoms with Gasteiger partial charge in [0.25, 0.3) is 11.4 Å². The fourth-order valence-corrected chi connectivity index (χ4v) is 6.47. The molecule has 1 aliphatic rings. The van der Waals surface area contributed by atoms with E-state index in [1.54, 1.807) is 12.1 Å². The Labute approximate surface area is 267 Å². The third kappa shape index (κ3) is 8.92. The Balaban J connectivity index is 1.26. The van der Waals surface area contributed by atoms with E-state index in [4.69, 9.17) is 9.97 Å². The minimum Gasteiger partial charge on any atom is -0.304 e. The molecule has 0 radical (unpaired) electrons. The molecular formula is C32H40N8O4S. The fourth-order valence-electron chi connectivity index (χ4n) is 5.49. The summed E-state index contributed by atoms with van der Waals surface area (Å²) in [7, 11) is 4.29. The van der Waals surface area contributed by atoms with Gasteiger partial charge in [-0.2, -0.15) is 11.8 Å². The Morgan fingerprint density at radius 2 is 1.04 bits per heavy atom. The summed E-state index contributed by atoms with van der Waals surface area (Å²) in [6.07, 6.45) is 0. The topological polar surface area (TPSA) is 125 Å². The van der Waals surface area contributed by atoms with Gasteiger partial charge in [-0.25, -0.2) is 9.97 Å². The van der Waals surface area contributed by atoms with Gasteiger partial charge in [-0.1, -0.05) is 36.4 Å². The van der Waals surface area contributed by atoms with Gasteiger partial charge in [0.05, 0.1) is 21.2 Å². The highest BCUT2D eigenvalue weighted by molar-refractivity contribution is 7.99. The van der Waals surface area contributed by atoms with Gasteiger partial charge in [0.1, 0.15) is 11.0 Å². The summed E-state index contributed by atoms with van der Waals surface area (Å²) in [4.78, 5) is 41.4. The lowest BCUT2D eigenvalue weighted by Gasteiger charge is -2.27. The summed E-state index contributed by atoms with van der Waals surface area (Å²) in [5, 5.41) is 24.7. The van der Waals surface area contributed by atoms with Crippen LogP contribution in [0.2, 0.25) is 0 Å². The summed E-state index contributed by atoms with van der Waals surface area (Å²) < 4.78 is 0. The zero-order valence-electron chi connectivity index (χ0n) is 25.9. The van der Waals surface area contributed by atoms with E-state index in [1.165, 1.54) is 12.1 Å². The molecule has 4 aromatic rings. The molecule has 0 atom stereocenters. The summed E-state index contributed by atoms with van der Waals surface area (Å²) in [5.74, 6) is 1.90. The molecule has 0 amide bonds. The first kappa shape index (κ1) is 32.6. The molecule has 0 N–H and O–H groups in total. The van der Waals surface area contributed by atoms with Crippen LogP contribution in [0.1, 0.15) is 11.4 Å². The van der Waals surface area contributed by atoms with E-state index in [0.717, 1.165) is 86.0 Å². The molecule has 2 aromatic carbocycles. The molecule has 0 aliphatic carbocycles. The molecule has 1 fully saturated rings. The number of thioether (sulfide) groups is 1. The minimum absolute atomic E-state index is 0.0347. The number of hydrogen-bond donors (Lipinski definition) is 0. The first-order chi connectivity index (χ1) is 21.8. The van der Waals surface area contributed by atoms with Crippen LogP contribution >= 0.6 is 11.8 Å². The van der Waals surface area contributed by atoms with Gasteiger partial charge in [-0.05, 0) is 26.2 Å². The predicted molar refractivity (Wildman–Crippen MR) is 180 cm³/mol. The lowest BCUT2D eigenvalue weighted by atomic mass is 10.1. The quantitative estimate of drug-likeness (QED) is 0.220. The number of nitro benzene ring substituents is 2. The van der Waals surface area contributed by atoms with Crippen LogP contribution in [-0.4, -0.2) is 117 Å². The van der Waals surface area contributed by atoms with Crippen molar-refractivity contribution in [2.45, 2.75) is 13.1 Å².